The van der Waals surface area contributed by atoms with E-state index >= 15 is 0 Å². The summed E-state index contributed by atoms with van der Waals surface area (Å²) in [6.07, 6.45) is 1.43. The van der Waals surface area contributed by atoms with E-state index in [4.69, 9.17) is 11.6 Å². The average molecular weight is 228 g/mol. The van der Waals surface area contributed by atoms with Crippen LogP contribution in [-0.2, 0) is 7.05 Å². The molecule has 0 saturated heterocycles. The van der Waals surface area contributed by atoms with Gasteiger partial charge in [-0.15, -0.1) is 16.4 Å². The Kier molecular flexibility index (Phi) is 2.35. The van der Waals surface area contributed by atoms with Gasteiger partial charge in [0.1, 0.15) is 5.69 Å². The van der Waals surface area contributed by atoms with Crippen LogP contribution in [0.25, 0.3) is 0 Å². The molecule has 0 spiro atoms. The first-order valence-electron chi connectivity index (χ1n) is 3.82. The number of thiophene rings is 1. The number of halogens is 1. The largest absolute Gasteiger partial charge is 0.286 e. The SMILES string of the molecule is Cn1nncc1C(=O)c1sccc1Cl. The first-order valence-corrected chi connectivity index (χ1v) is 5.08. The van der Waals surface area contributed by atoms with Crippen LogP contribution in [0.2, 0.25) is 5.02 Å². The van der Waals surface area contributed by atoms with E-state index in [1.807, 2.05) is 0 Å². The summed E-state index contributed by atoms with van der Waals surface area (Å²) < 4.78 is 1.43. The molecular weight excluding hydrogens is 222 g/mol. The van der Waals surface area contributed by atoms with Gasteiger partial charge in [0.15, 0.2) is 0 Å². The second-order valence-electron chi connectivity index (χ2n) is 2.67. The van der Waals surface area contributed by atoms with Gasteiger partial charge in [-0.2, -0.15) is 0 Å². The number of hydrogen-bond donors (Lipinski definition) is 0. The Morgan fingerprint density at radius 1 is 1.64 bits per heavy atom. The maximum atomic E-state index is 11.8. The smallest absolute Gasteiger partial charge is 0.224 e. The highest BCUT2D eigenvalue weighted by molar-refractivity contribution is 7.13. The van der Waals surface area contributed by atoms with Gasteiger partial charge >= 0.3 is 0 Å². The Labute approximate surface area is 89.1 Å². The third-order valence-corrected chi connectivity index (χ3v) is 3.11. The molecule has 2 aromatic rings. The topological polar surface area (TPSA) is 47.8 Å². The van der Waals surface area contributed by atoms with Gasteiger partial charge in [0.05, 0.1) is 16.1 Å². The molecule has 14 heavy (non-hydrogen) atoms. The normalized spacial score (nSPS) is 10.4. The van der Waals surface area contributed by atoms with E-state index in [9.17, 15) is 4.79 Å². The molecule has 72 valence electrons. The number of nitrogens with zero attached hydrogens (tertiary/aromatic N) is 3. The number of carbonyl (C=O) groups is 1. The molecule has 0 atom stereocenters. The molecule has 0 aliphatic rings. The van der Waals surface area contributed by atoms with Crippen LogP contribution in [0.15, 0.2) is 17.6 Å². The van der Waals surface area contributed by atoms with E-state index < -0.39 is 0 Å². The number of aryl methyl sites for hydroxylation is 1. The van der Waals surface area contributed by atoms with Crippen molar-refractivity contribution < 1.29 is 4.79 Å². The van der Waals surface area contributed by atoms with Crippen molar-refractivity contribution in [3.8, 4) is 0 Å². The number of hydrogen-bond acceptors (Lipinski definition) is 4. The summed E-state index contributed by atoms with van der Waals surface area (Å²) in [4.78, 5) is 12.4. The maximum Gasteiger partial charge on any atom is 0.224 e. The van der Waals surface area contributed by atoms with Crippen molar-refractivity contribution in [3.05, 3.63) is 33.2 Å². The van der Waals surface area contributed by atoms with E-state index in [1.165, 1.54) is 22.2 Å². The lowest BCUT2D eigenvalue weighted by Gasteiger charge is -1.97. The molecule has 0 N–H and O–H groups in total. The molecule has 0 unspecified atom stereocenters. The number of aromatic nitrogens is 3. The van der Waals surface area contributed by atoms with Crippen molar-refractivity contribution in [2.45, 2.75) is 0 Å². The zero-order valence-corrected chi connectivity index (χ0v) is 8.84. The predicted molar refractivity (Wildman–Crippen MR) is 53.8 cm³/mol. The van der Waals surface area contributed by atoms with Gasteiger partial charge in [0.2, 0.25) is 5.78 Å². The lowest BCUT2D eigenvalue weighted by molar-refractivity contribution is 0.103. The van der Waals surface area contributed by atoms with Crippen LogP contribution in [-0.4, -0.2) is 20.8 Å². The van der Waals surface area contributed by atoms with Crippen molar-refractivity contribution in [2.75, 3.05) is 0 Å². The van der Waals surface area contributed by atoms with Crippen molar-refractivity contribution in [1.29, 1.82) is 0 Å². The molecule has 2 heterocycles. The summed E-state index contributed by atoms with van der Waals surface area (Å²) >= 11 is 7.16. The summed E-state index contributed by atoms with van der Waals surface area (Å²) in [6.45, 7) is 0. The Bertz CT molecular complexity index is 434. The second-order valence-corrected chi connectivity index (χ2v) is 3.99. The third-order valence-electron chi connectivity index (χ3n) is 1.77. The molecule has 0 fully saturated rings. The lowest BCUT2D eigenvalue weighted by atomic mass is 10.2. The zero-order valence-electron chi connectivity index (χ0n) is 7.27. The highest BCUT2D eigenvalue weighted by Gasteiger charge is 2.17. The van der Waals surface area contributed by atoms with Crippen LogP contribution in [0.4, 0.5) is 0 Å². The van der Waals surface area contributed by atoms with Crippen molar-refractivity contribution >= 4 is 28.7 Å². The van der Waals surface area contributed by atoms with Crippen molar-refractivity contribution in [1.82, 2.24) is 15.0 Å². The fourth-order valence-corrected chi connectivity index (χ4v) is 2.16. The lowest BCUT2D eigenvalue weighted by Crippen LogP contribution is -2.06. The van der Waals surface area contributed by atoms with Gasteiger partial charge < -0.3 is 0 Å². The zero-order chi connectivity index (χ0) is 10.1. The summed E-state index contributed by atoms with van der Waals surface area (Å²) in [7, 11) is 1.67. The Hall–Kier alpha value is -1.20. The quantitative estimate of drug-likeness (QED) is 0.735. The monoisotopic (exact) mass is 227 g/mol. The fourth-order valence-electron chi connectivity index (χ4n) is 1.07. The molecule has 0 amide bonds. The Morgan fingerprint density at radius 3 is 2.93 bits per heavy atom. The van der Waals surface area contributed by atoms with E-state index in [0.29, 0.717) is 15.6 Å². The third kappa shape index (κ3) is 1.44. The van der Waals surface area contributed by atoms with Gasteiger partial charge in [-0.05, 0) is 11.4 Å². The molecule has 0 radical (unpaired) electrons. The number of carbonyl (C=O) groups excluding carboxylic acids is 1. The van der Waals surface area contributed by atoms with Crippen LogP contribution in [0, 0.1) is 0 Å². The maximum absolute atomic E-state index is 11.8. The van der Waals surface area contributed by atoms with Gasteiger partial charge in [-0.1, -0.05) is 16.8 Å². The highest BCUT2D eigenvalue weighted by Crippen LogP contribution is 2.24. The molecule has 0 aliphatic heterocycles. The predicted octanol–water partition coefficient (Wildman–Crippen LogP) is 1.76. The summed E-state index contributed by atoms with van der Waals surface area (Å²) in [5, 5.41) is 9.57. The molecule has 4 nitrogen and oxygen atoms in total. The van der Waals surface area contributed by atoms with E-state index in [-0.39, 0.29) is 5.78 Å². The molecule has 0 aliphatic carbocycles. The van der Waals surface area contributed by atoms with Gasteiger partial charge in [-0.25, -0.2) is 4.68 Å². The second kappa shape index (κ2) is 3.51. The van der Waals surface area contributed by atoms with Crippen LogP contribution >= 0.6 is 22.9 Å². The molecule has 0 saturated carbocycles. The first-order chi connectivity index (χ1) is 6.70. The van der Waals surface area contributed by atoms with Gasteiger partial charge in [0.25, 0.3) is 0 Å². The molecule has 0 bridgehead atoms. The highest BCUT2D eigenvalue weighted by atomic mass is 35.5. The number of rotatable bonds is 2. The van der Waals surface area contributed by atoms with Crippen LogP contribution < -0.4 is 0 Å². The van der Waals surface area contributed by atoms with Crippen LogP contribution in [0.3, 0.4) is 0 Å². The fraction of sp³-hybridized carbons (Fsp3) is 0.125. The summed E-state index contributed by atoms with van der Waals surface area (Å²) in [5.74, 6) is -0.141. The Balaban J connectivity index is 2.44. The molecule has 0 aromatic carbocycles. The minimum absolute atomic E-state index is 0.141. The molecule has 6 heteroatoms. The minimum Gasteiger partial charge on any atom is -0.286 e. The van der Waals surface area contributed by atoms with E-state index in [2.05, 4.69) is 10.3 Å². The van der Waals surface area contributed by atoms with Gasteiger partial charge in [-0.3, -0.25) is 4.79 Å². The Morgan fingerprint density at radius 2 is 2.43 bits per heavy atom. The summed E-state index contributed by atoms with van der Waals surface area (Å²) in [6, 6.07) is 1.70. The van der Waals surface area contributed by atoms with Crippen molar-refractivity contribution in [3.63, 3.8) is 0 Å². The molecule has 2 rings (SSSR count). The van der Waals surface area contributed by atoms with E-state index in [0.717, 1.165) is 0 Å². The average Bonchev–Trinajstić information content (AvgIpc) is 2.73. The minimum atomic E-state index is -0.141. The standard InChI is InChI=1S/C8H6ClN3OS/c1-12-6(4-10-11-12)7(13)8-5(9)2-3-14-8/h2-4H,1H3. The first kappa shape index (κ1) is 9.36. The number of ketones is 1. The van der Waals surface area contributed by atoms with Crippen molar-refractivity contribution in [2.24, 2.45) is 7.05 Å². The van der Waals surface area contributed by atoms with Crippen LogP contribution in [0.5, 0.6) is 0 Å². The molecule has 2 aromatic heterocycles. The van der Waals surface area contributed by atoms with Gasteiger partial charge in [0, 0.05) is 7.05 Å². The summed E-state index contributed by atoms with van der Waals surface area (Å²) in [5.41, 5.74) is 0.439. The molecular formula is C8H6ClN3OS. The van der Waals surface area contributed by atoms with E-state index in [1.54, 1.807) is 18.5 Å². The van der Waals surface area contributed by atoms with Crippen LogP contribution in [0.1, 0.15) is 15.4 Å².